The highest BCUT2D eigenvalue weighted by Crippen LogP contribution is 2.35. The molecule has 2 aromatic rings. The van der Waals surface area contributed by atoms with Crippen molar-refractivity contribution in [1.29, 1.82) is 0 Å². The maximum atomic E-state index is 11.6. The number of non-ortho nitro benzene ring substituents is 1. The third-order valence-electron chi connectivity index (χ3n) is 2.77. The predicted molar refractivity (Wildman–Crippen MR) is 67.6 cm³/mol. The van der Waals surface area contributed by atoms with E-state index in [1.807, 2.05) is 0 Å². The van der Waals surface area contributed by atoms with Crippen molar-refractivity contribution in [3.8, 4) is 0 Å². The molecular formula is C11H9N3O3S. The molecule has 92 valence electrons. The molecule has 1 aliphatic carbocycles. The average molecular weight is 263 g/mol. The molecule has 1 amide bonds. The van der Waals surface area contributed by atoms with Crippen molar-refractivity contribution < 1.29 is 9.72 Å². The average Bonchev–Trinajstić information content (AvgIpc) is 3.09. The molecule has 0 bridgehead atoms. The van der Waals surface area contributed by atoms with Crippen molar-refractivity contribution in [3.05, 3.63) is 28.3 Å². The standard InChI is InChI=1S/C11H9N3O3S/c15-10(6-4-5-6)13-11-12-7-2-1-3-8(14(16)17)9(7)18-11/h1-3,6H,4-5H2,(H,12,13,15). The van der Waals surface area contributed by atoms with Gasteiger partial charge < -0.3 is 5.32 Å². The number of amides is 1. The largest absolute Gasteiger partial charge is 0.302 e. The lowest BCUT2D eigenvalue weighted by molar-refractivity contribution is -0.382. The zero-order chi connectivity index (χ0) is 12.7. The van der Waals surface area contributed by atoms with E-state index in [4.69, 9.17) is 0 Å². The minimum absolute atomic E-state index is 0.0249. The molecule has 0 aliphatic heterocycles. The number of thiazole rings is 1. The minimum atomic E-state index is -0.437. The number of nitro benzene ring substituents is 1. The number of carbonyl (C=O) groups is 1. The van der Waals surface area contributed by atoms with Crippen LogP contribution in [0.2, 0.25) is 0 Å². The van der Waals surface area contributed by atoms with Gasteiger partial charge in [0, 0.05) is 12.0 Å². The summed E-state index contributed by atoms with van der Waals surface area (Å²) in [5.41, 5.74) is 0.567. The Labute approximate surface area is 106 Å². The molecule has 0 saturated heterocycles. The molecule has 0 spiro atoms. The van der Waals surface area contributed by atoms with Crippen LogP contribution in [0.25, 0.3) is 10.2 Å². The van der Waals surface area contributed by atoms with Crippen LogP contribution in [0.5, 0.6) is 0 Å². The zero-order valence-corrected chi connectivity index (χ0v) is 10.1. The summed E-state index contributed by atoms with van der Waals surface area (Å²) in [6.45, 7) is 0. The summed E-state index contributed by atoms with van der Waals surface area (Å²) >= 11 is 1.14. The van der Waals surface area contributed by atoms with Gasteiger partial charge >= 0.3 is 0 Å². The number of aromatic nitrogens is 1. The molecule has 0 unspecified atom stereocenters. The number of anilines is 1. The molecule has 1 N–H and O–H groups in total. The van der Waals surface area contributed by atoms with Crippen molar-refractivity contribution in [1.82, 2.24) is 4.98 Å². The Balaban J connectivity index is 1.97. The highest BCUT2D eigenvalue weighted by atomic mass is 32.1. The lowest BCUT2D eigenvalue weighted by atomic mass is 10.3. The van der Waals surface area contributed by atoms with E-state index < -0.39 is 4.92 Å². The van der Waals surface area contributed by atoms with Crippen LogP contribution in [0, 0.1) is 16.0 Å². The second kappa shape index (κ2) is 4.02. The molecule has 7 heteroatoms. The first-order chi connectivity index (χ1) is 8.65. The van der Waals surface area contributed by atoms with E-state index in [0.717, 1.165) is 24.2 Å². The quantitative estimate of drug-likeness (QED) is 0.681. The predicted octanol–water partition coefficient (Wildman–Crippen LogP) is 2.55. The van der Waals surface area contributed by atoms with E-state index in [-0.39, 0.29) is 17.5 Å². The van der Waals surface area contributed by atoms with Crippen LogP contribution in [0.3, 0.4) is 0 Å². The second-order valence-electron chi connectivity index (χ2n) is 4.17. The normalized spacial score (nSPS) is 14.7. The van der Waals surface area contributed by atoms with Crippen LogP contribution in [-0.4, -0.2) is 15.8 Å². The number of carbonyl (C=O) groups excluding carboxylic acids is 1. The maximum Gasteiger partial charge on any atom is 0.288 e. The Bertz CT molecular complexity index is 648. The highest BCUT2D eigenvalue weighted by molar-refractivity contribution is 7.22. The van der Waals surface area contributed by atoms with Gasteiger partial charge in [-0.2, -0.15) is 0 Å². The molecule has 6 nitrogen and oxygen atoms in total. The first-order valence-electron chi connectivity index (χ1n) is 5.50. The van der Waals surface area contributed by atoms with Gasteiger partial charge in [0.1, 0.15) is 4.70 Å². The fraction of sp³-hybridized carbons (Fsp3) is 0.273. The molecule has 1 aliphatic rings. The fourth-order valence-electron chi connectivity index (χ4n) is 1.68. The topological polar surface area (TPSA) is 85.1 Å². The summed E-state index contributed by atoms with van der Waals surface area (Å²) in [4.78, 5) is 26.2. The first kappa shape index (κ1) is 11.1. The van der Waals surface area contributed by atoms with E-state index in [2.05, 4.69) is 10.3 Å². The van der Waals surface area contributed by atoms with Gasteiger partial charge in [-0.05, 0) is 18.9 Å². The molecule has 0 atom stereocenters. The molecule has 3 rings (SSSR count). The molecule has 1 aromatic heterocycles. The van der Waals surface area contributed by atoms with Gasteiger partial charge in [0.05, 0.1) is 10.4 Å². The number of hydrogen-bond donors (Lipinski definition) is 1. The van der Waals surface area contributed by atoms with E-state index in [9.17, 15) is 14.9 Å². The number of fused-ring (bicyclic) bond motifs is 1. The number of rotatable bonds is 3. The maximum absolute atomic E-state index is 11.6. The molecule has 1 aromatic carbocycles. The SMILES string of the molecule is O=C(Nc1nc2cccc([N+](=O)[O-])c2s1)C1CC1. The van der Waals surface area contributed by atoms with Gasteiger partial charge in [-0.3, -0.25) is 14.9 Å². The van der Waals surface area contributed by atoms with Crippen molar-refractivity contribution >= 4 is 38.3 Å². The van der Waals surface area contributed by atoms with Gasteiger partial charge in [-0.1, -0.05) is 17.4 Å². The molecule has 18 heavy (non-hydrogen) atoms. The molecule has 0 radical (unpaired) electrons. The van der Waals surface area contributed by atoms with Gasteiger partial charge in [0.2, 0.25) is 5.91 Å². The Hall–Kier alpha value is -2.02. The third kappa shape index (κ3) is 1.92. The zero-order valence-electron chi connectivity index (χ0n) is 9.25. The number of nitrogens with one attached hydrogen (secondary N) is 1. The summed E-state index contributed by atoms with van der Waals surface area (Å²) in [5.74, 6) is 0.0451. The van der Waals surface area contributed by atoms with E-state index >= 15 is 0 Å². The number of nitro groups is 1. The second-order valence-corrected chi connectivity index (χ2v) is 5.16. The summed E-state index contributed by atoms with van der Waals surface area (Å²) in [6, 6.07) is 4.73. The van der Waals surface area contributed by atoms with E-state index in [1.165, 1.54) is 6.07 Å². The summed E-state index contributed by atoms with van der Waals surface area (Å²) in [5, 5.41) is 14.0. The lowest BCUT2D eigenvalue weighted by Gasteiger charge is -1.96. The van der Waals surface area contributed by atoms with Crippen molar-refractivity contribution in [2.24, 2.45) is 5.92 Å². The summed E-state index contributed by atoms with van der Waals surface area (Å²) < 4.78 is 0.494. The number of benzene rings is 1. The van der Waals surface area contributed by atoms with E-state index in [1.54, 1.807) is 12.1 Å². The highest BCUT2D eigenvalue weighted by Gasteiger charge is 2.30. The van der Waals surface area contributed by atoms with Crippen LogP contribution in [0.15, 0.2) is 18.2 Å². The van der Waals surface area contributed by atoms with Crippen molar-refractivity contribution in [2.75, 3.05) is 5.32 Å². The molecule has 1 fully saturated rings. The van der Waals surface area contributed by atoms with Crippen LogP contribution < -0.4 is 5.32 Å². The van der Waals surface area contributed by atoms with Crippen LogP contribution in [0.4, 0.5) is 10.8 Å². The Morgan fingerprint density at radius 2 is 2.28 bits per heavy atom. The molecule has 1 saturated carbocycles. The Morgan fingerprint density at radius 1 is 1.50 bits per heavy atom. The number of nitrogens with zero attached hydrogens (tertiary/aromatic N) is 2. The van der Waals surface area contributed by atoms with Crippen molar-refractivity contribution in [2.45, 2.75) is 12.8 Å². The lowest BCUT2D eigenvalue weighted by Crippen LogP contribution is -2.12. The van der Waals surface area contributed by atoms with Crippen LogP contribution in [-0.2, 0) is 4.79 Å². The van der Waals surface area contributed by atoms with Crippen LogP contribution >= 0.6 is 11.3 Å². The number of hydrogen-bond acceptors (Lipinski definition) is 5. The smallest absolute Gasteiger partial charge is 0.288 e. The van der Waals surface area contributed by atoms with Crippen LogP contribution in [0.1, 0.15) is 12.8 Å². The Kier molecular flexibility index (Phi) is 2.48. The van der Waals surface area contributed by atoms with Gasteiger partial charge in [0.25, 0.3) is 5.69 Å². The summed E-state index contributed by atoms with van der Waals surface area (Å²) in [6.07, 6.45) is 1.83. The first-order valence-corrected chi connectivity index (χ1v) is 6.31. The third-order valence-corrected chi connectivity index (χ3v) is 3.78. The van der Waals surface area contributed by atoms with Gasteiger partial charge in [-0.15, -0.1) is 0 Å². The van der Waals surface area contributed by atoms with E-state index in [0.29, 0.717) is 15.3 Å². The van der Waals surface area contributed by atoms with Crippen molar-refractivity contribution in [3.63, 3.8) is 0 Å². The minimum Gasteiger partial charge on any atom is -0.302 e. The van der Waals surface area contributed by atoms with Gasteiger partial charge in [-0.25, -0.2) is 4.98 Å². The monoisotopic (exact) mass is 263 g/mol. The molecule has 1 heterocycles. The fourth-order valence-corrected chi connectivity index (χ4v) is 2.64. The molecular weight excluding hydrogens is 254 g/mol. The summed E-state index contributed by atoms with van der Waals surface area (Å²) in [7, 11) is 0. The Morgan fingerprint density at radius 3 is 2.94 bits per heavy atom. The van der Waals surface area contributed by atoms with Gasteiger partial charge in [0.15, 0.2) is 5.13 Å².